The van der Waals surface area contributed by atoms with E-state index in [0.717, 1.165) is 44.9 Å². The fourth-order valence-electron chi connectivity index (χ4n) is 3.58. The predicted molar refractivity (Wildman–Crippen MR) is 81.5 cm³/mol. The van der Waals surface area contributed by atoms with E-state index in [9.17, 15) is 13.9 Å². The number of hydrogen-bond acceptors (Lipinski definition) is 1. The van der Waals surface area contributed by atoms with Gasteiger partial charge in [-0.15, -0.1) is 0 Å². The van der Waals surface area contributed by atoms with E-state index in [-0.39, 0.29) is 5.92 Å². The number of benzene rings is 1. The summed E-state index contributed by atoms with van der Waals surface area (Å²) in [6, 6.07) is 7.64. The van der Waals surface area contributed by atoms with E-state index in [2.05, 4.69) is 6.92 Å². The molecule has 1 N–H and O–H groups in total. The summed E-state index contributed by atoms with van der Waals surface area (Å²) in [5.74, 6) is -0.0442. The van der Waals surface area contributed by atoms with E-state index in [1.165, 1.54) is 5.56 Å². The molecule has 3 heteroatoms. The van der Waals surface area contributed by atoms with Gasteiger partial charge in [0.25, 0.3) is 0 Å². The first kappa shape index (κ1) is 16.4. The topological polar surface area (TPSA) is 20.2 Å². The van der Waals surface area contributed by atoms with Crippen molar-refractivity contribution in [3.05, 3.63) is 35.4 Å². The van der Waals surface area contributed by atoms with Crippen molar-refractivity contribution in [3.8, 4) is 0 Å². The summed E-state index contributed by atoms with van der Waals surface area (Å²) >= 11 is 0. The minimum atomic E-state index is -2.48. The summed E-state index contributed by atoms with van der Waals surface area (Å²) in [7, 11) is 0. The fourth-order valence-corrected chi connectivity index (χ4v) is 3.58. The zero-order chi connectivity index (χ0) is 15.3. The van der Waals surface area contributed by atoms with E-state index in [1.54, 1.807) is 0 Å². The molecule has 0 aliphatic heterocycles. The molecule has 1 unspecified atom stereocenters. The maximum absolute atomic E-state index is 13.0. The molecule has 1 aromatic rings. The Morgan fingerprint density at radius 3 is 2.29 bits per heavy atom. The highest BCUT2D eigenvalue weighted by Crippen LogP contribution is 2.43. The van der Waals surface area contributed by atoms with Gasteiger partial charge >= 0.3 is 0 Å². The summed E-state index contributed by atoms with van der Waals surface area (Å²) in [5.41, 5.74) is 0.484. The van der Waals surface area contributed by atoms with Crippen LogP contribution >= 0.6 is 0 Å². The van der Waals surface area contributed by atoms with E-state index in [4.69, 9.17) is 0 Å². The van der Waals surface area contributed by atoms with Crippen LogP contribution < -0.4 is 0 Å². The number of hydrogen-bond donors (Lipinski definition) is 1. The molecule has 0 heterocycles. The van der Waals surface area contributed by atoms with Gasteiger partial charge in [-0.05, 0) is 36.3 Å². The smallest absolute Gasteiger partial charge is 0.241 e. The van der Waals surface area contributed by atoms with Gasteiger partial charge in [-0.25, -0.2) is 8.78 Å². The Morgan fingerprint density at radius 2 is 1.76 bits per heavy atom. The third kappa shape index (κ3) is 4.03. The van der Waals surface area contributed by atoms with E-state index in [0.29, 0.717) is 5.56 Å². The van der Waals surface area contributed by atoms with Crippen molar-refractivity contribution in [1.82, 2.24) is 0 Å². The van der Waals surface area contributed by atoms with Crippen molar-refractivity contribution < 1.29 is 13.9 Å². The van der Waals surface area contributed by atoms with Gasteiger partial charge in [0.15, 0.2) is 0 Å². The first-order valence-electron chi connectivity index (χ1n) is 8.16. The molecule has 1 aromatic carbocycles. The molecule has 1 aliphatic carbocycles. The van der Waals surface area contributed by atoms with Crippen LogP contribution in [0, 0.1) is 5.92 Å². The van der Waals surface area contributed by atoms with Gasteiger partial charge < -0.3 is 5.11 Å². The minimum Gasteiger partial charge on any atom is -0.385 e. The number of rotatable bonds is 6. The van der Waals surface area contributed by atoms with Gasteiger partial charge in [0, 0.05) is 6.42 Å². The third-order valence-corrected chi connectivity index (χ3v) is 4.74. The third-order valence-electron chi connectivity index (χ3n) is 4.74. The van der Waals surface area contributed by atoms with Gasteiger partial charge in [0.1, 0.15) is 0 Å². The fraction of sp³-hybridized carbons (Fsp3) is 0.667. The predicted octanol–water partition coefficient (Wildman–Crippen LogP) is 5.06. The van der Waals surface area contributed by atoms with Crippen LogP contribution in [0.15, 0.2) is 24.3 Å². The number of alkyl halides is 2. The van der Waals surface area contributed by atoms with Crippen LogP contribution in [0.1, 0.15) is 63.0 Å². The second-order valence-corrected chi connectivity index (χ2v) is 6.30. The van der Waals surface area contributed by atoms with Gasteiger partial charge in [0.05, 0.1) is 5.60 Å². The molecule has 0 amide bonds. The molecule has 1 atom stereocenters. The van der Waals surface area contributed by atoms with Crippen LogP contribution in [0.4, 0.5) is 8.78 Å². The summed E-state index contributed by atoms with van der Waals surface area (Å²) in [6.45, 7) is 2.11. The highest BCUT2D eigenvalue weighted by Gasteiger charge is 2.41. The van der Waals surface area contributed by atoms with Crippen LogP contribution in [-0.2, 0) is 12.0 Å². The van der Waals surface area contributed by atoms with E-state index >= 15 is 0 Å². The molecule has 0 saturated heterocycles. The van der Waals surface area contributed by atoms with Crippen molar-refractivity contribution in [1.29, 1.82) is 0 Å². The number of aliphatic hydroxyl groups is 1. The second-order valence-electron chi connectivity index (χ2n) is 6.30. The van der Waals surface area contributed by atoms with Gasteiger partial charge in [-0.1, -0.05) is 56.9 Å². The monoisotopic (exact) mass is 296 g/mol. The van der Waals surface area contributed by atoms with Gasteiger partial charge in [-0.2, -0.15) is 0 Å². The Morgan fingerprint density at radius 1 is 1.14 bits per heavy atom. The second kappa shape index (κ2) is 7.35. The van der Waals surface area contributed by atoms with Crippen molar-refractivity contribution in [2.75, 3.05) is 0 Å². The quantitative estimate of drug-likeness (QED) is 0.777. The molecule has 1 fully saturated rings. The minimum absolute atomic E-state index is 0.0442. The van der Waals surface area contributed by atoms with Crippen molar-refractivity contribution >= 4 is 0 Å². The first-order valence-corrected chi connectivity index (χ1v) is 8.16. The summed E-state index contributed by atoms with van der Waals surface area (Å²) in [6.07, 6.45) is 4.02. The number of halogens is 2. The van der Waals surface area contributed by atoms with Gasteiger partial charge in [0.2, 0.25) is 6.43 Å². The molecular weight excluding hydrogens is 270 g/mol. The molecule has 0 aromatic heterocycles. The van der Waals surface area contributed by atoms with Crippen LogP contribution in [0.3, 0.4) is 0 Å². The Balaban J connectivity index is 2.25. The zero-order valence-electron chi connectivity index (χ0n) is 12.8. The summed E-state index contributed by atoms with van der Waals surface area (Å²) in [4.78, 5) is 0. The van der Waals surface area contributed by atoms with Gasteiger partial charge in [-0.3, -0.25) is 0 Å². The van der Waals surface area contributed by atoms with Crippen molar-refractivity contribution in [2.24, 2.45) is 5.92 Å². The molecule has 0 radical (unpaired) electrons. The Hall–Kier alpha value is -0.960. The largest absolute Gasteiger partial charge is 0.385 e. The SMILES string of the molecule is CCCc1ccc(C(O)(CC(F)F)C2CCCCC2)cc1. The molecule has 1 saturated carbocycles. The Labute approximate surface area is 126 Å². The number of aryl methyl sites for hydroxylation is 1. The standard InChI is InChI=1S/C18H26F2O/c1-2-6-14-9-11-16(12-10-14)18(21,13-17(19)20)15-7-4-3-5-8-15/h9-12,15,17,21H,2-8,13H2,1H3. The van der Waals surface area contributed by atoms with Crippen LogP contribution in [-0.4, -0.2) is 11.5 Å². The summed E-state index contributed by atoms with van der Waals surface area (Å²) < 4.78 is 26.0. The molecule has 21 heavy (non-hydrogen) atoms. The first-order chi connectivity index (χ1) is 10.1. The lowest BCUT2D eigenvalue weighted by Gasteiger charge is -2.39. The Bertz CT molecular complexity index is 423. The molecular formula is C18H26F2O. The Kier molecular flexibility index (Phi) is 5.74. The molecule has 0 bridgehead atoms. The van der Waals surface area contributed by atoms with Crippen LogP contribution in [0.2, 0.25) is 0 Å². The normalized spacial score (nSPS) is 19.7. The maximum atomic E-state index is 13.0. The maximum Gasteiger partial charge on any atom is 0.241 e. The lowest BCUT2D eigenvalue weighted by Crippen LogP contribution is -2.38. The van der Waals surface area contributed by atoms with E-state index in [1.807, 2.05) is 24.3 Å². The van der Waals surface area contributed by atoms with Crippen molar-refractivity contribution in [2.45, 2.75) is 70.3 Å². The van der Waals surface area contributed by atoms with Crippen LogP contribution in [0.25, 0.3) is 0 Å². The molecule has 118 valence electrons. The molecule has 1 nitrogen and oxygen atoms in total. The lowest BCUT2D eigenvalue weighted by atomic mass is 9.71. The summed E-state index contributed by atoms with van der Waals surface area (Å²) in [5, 5.41) is 11.0. The molecule has 1 aliphatic rings. The molecule has 2 rings (SSSR count). The average Bonchev–Trinajstić information content (AvgIpc) is 2.48. The highest BCUT2D eigenvalue weighted by molar-refractivity contribution is 5.28. The zero-order valence-corrected chi connectivity index (χ0v) is 12.8. The lowest BCUT2D eigenvalue weighted by molar-refractivity contribution is -0.0809. The van der Waals surface area contributed by atoms with Crippen molar-refractivity contribution in [3.63, 3.8) is 0 Å². The van der Waals surface area contributed by atoms with E-state index < -0.39 is 18.4 Å². The highest BCUT2D eigenvalue weighted by atomic mass is 19.3. The van der Waals surface area contributed by atoms with Crippen LogP contribution in [0.5, 0.6) is 0 Å². The average molecular weight is 296 g/mol. The molecule has 0 spiro atoms.